The summed E-state index contributed by atoms with van der Waals surface area (Å²) >= 11 is 0. The largest absolute Gasteiger partial charge is 0.461 e. The monoisotopic (exact) mass is 276 g/mol. The number of fused-ring (bicyclic) bond motifs is 2. The number of carbonyl (C=O) groups is 1. The Balaban J connectivity index is 1.59. The molecule has 4 nitrogen and oxygen atoms in total. The predicted molar refractivity (Wildman–Crippen MR) is 78.4 cm³/mol. The van der Waals surface area contributed by atoms with E-state index in [0.717, 1.165) is 24.8 Å². The Morgan fingerprint density at radius 3 is 2.95 bits per heavy atom. The molecular formula is C16H24N2O2. The third kappa shape index (κ3) is 2.56. The summed E-state index contributed by atoms with van der Waals surface area (Å²) in [6.45, 7) is 3.47. The van der Waals surface area contributed by atoms with Gasteiger partial charge in [0.2, 0.25) is 0 Å². The van der Waals surface area contributed by atoms with Gasteiger partial charge in [0.1, 0.15) is 5.69 Å². The van der Waals surface area contributed by atoms with Crippen molar-refractivity contribution in [2.45, 2.75) is 45.6 Å². The molecule has 0 saturated heterocycles. The molecule has 3 atom stereocenters. The van der Waals surface area contributed by atoms with Gasteiger partial charge in [-0.15, -0.1) is 0 Å². The summed E-state index contributed by atoms with van der Waals surface area (Å²) in [5.74, 6) is 2.05. The van der Waals surface area contributed by atoms with E-state index >= 15 is 0 Å². The van der Waals surface area contributed by atoms with Crippen molar-refractivity contribution in [2.75, 3.05) is 12.3 Å². The normalized spacial score (nSPS) is 27.9. The molecule has 0 amide bonds. The first-order chi connectivity index (χ1) is 9.67. The zero-order valence-corrected chi connectivity index (χ0v) is 12.2. The Bertz CT molecular complexity index is 495. The highest BCUT2D eigenvalue weighted by Crippen LogP contribution is 2.48. The van der Waals surface area contributed by atoms with Crippen molar-refractivity contribution < 1.29 is 9.53 Å². The minimum Gasteiger partial charge on any atom is -0.461 e. The van der Waals surface area contributed by atoms with Crippen molar-refractivity contribution in [1.29, 1.82) is 0 Å². The lowest BCUT2D eigenvalue weighted by molar-refractivity contribution is 0.0382. The Labute approximate surface area is 120 Å². The van der Waals surface area contributed by atoms with Gasteiger partial charge < -0.3 is 15.0 Å². The SMILES string of the molecule is CCCn1cc(N)cc1C(=O)OCC1CC2CCC1C2. The molecular weight excluding hydrogens is 252 g/mol. The fourth-order valence-corrected chi connectivity index (χ4v) is 3.97. The second-order valence-electron chi connectivity index (χ2n) is 6.39. The Kier molecular flexibility index (Phi) is 3.72. The third-order valence-corrected chi connectivity index (χ3v) is 4.90. The minimum absolute atomic E-state index is 0.224. The number of nitrogen functional groups attached to an aromatic ring is 1. The lowest BCUT2D eigenvalue weighted by atomic mass is 9.90. The first-order valence-corrected chi connectivity index (χ1v) is 7.80. The van der Waals surface area contributed by atoms with Gasteiger partial charge in [0.15, 0.2) is 0 Å². The Morgan fingerprint density at radius 1 is 1.45 bits per heavy atom. The molecule has 4 heteroatoms. The number of carbonyl (C=O) groups excluding carboxylic acids is 1. The second-order valence-corrected chi connectivity index (χ2v) is 6.39. The number of hydrogen-bond acceptors (Lipinski definition) is 3. The number of esters is 1. The molecule has 0 aliphatic heterocycles. The van der Waals surface area contributed by atoms with E-state index in [1.54, 1.807) is 6.07 Å². The summed E-state index contributed by atoms with van der Waals surface area (Å²) in [7, 11) is 0. The van der Waals surface area contributed by atoms with E-state index in [2.05, 4.69) is 6.92 Å². The number of aryl methyl sites for hydroxylation is 1. The maximum absolute atomic E-state index is 12.2. The van der Waals surface area contributed by atoms with Crippen LogP contribution in [0.5, 0.6) is 0 Å². The van der Waals surface area contributed by atoms with Crippen LogP contribution in [0.2, 0.25) is 0 Å². The van der Waals surface area contributed by atoms with Gasteiger partial charge in [-0.2, -0.15) is 0 Å². The van der Waals surface area contributed by atoms with Crippen LogP contribution in [0.3, 0.4) is 0 Å². The van der Waals surface area contributed by atoms with Crippen molar-refractivity contribution in [3.8, 4) is 0 Å². The summed E-state index contributed by atoms with van der Waals surface area (Å²) in [5, 5.41) is 0. The first kappa shape index (κ1) is 13.5. The molecule has 2 fully saturated rings. The van der Waals surface area contributed by atoms with Crippen molar-refractivity contribution in [3.63, 3.8) is 0 Å². The van der Waals surface area contributed by atoms with Crippen LogP contribution in [0.4, 0.5) is 5.69 Å². The lowest BCUT2D eigenvalue weighted by Crippen LogP contribution is -2.20. The molecule has 0 aromatic carbocycles. The van der Waals surface area contributed by atoms with Crippen molar-refractivity contribution >= 4 is 11.7 Å². The number of nitrogens with zero attached hydrogens (tertiary/aromatic N) is 1. The molecule has 1 heterocycles. The fourth-order valence-electron chi connectivity index (χ4n) is 3.97. The van der Waals surface area contributed by atoms with E-state index in [1.165, 1.54) is 25.7 Å². The molecule has 2 aliphatic rings. The van der Waals surface area contributed by atoms with Gasteiger partial charge in [-0.1, -0.05) is 13.3 Å². The summed E-state index contributed by atoms with van der Waals surface area (Å²) < 4.78 is 7.45. The minimum atomic E-state index is -0.224. The summed E-state index contributed by atoms with van der Waals surface area (Å²) in [6.07, 6.45) is 8.09. The maximum Gasteiger partial charge on any atom is 0.355 e. The molecule has 3 unspecified atom stereocenters. The van der Waals surface area contributed by atoms with Crippen LogP contribution in [0.15, 0.2) is 12.3 Å². The summed E-state index contributed by atoms with van der Waals surface area (Å²) in [4.78, 5) is 12.2. The lowest BCUT2D eigenvalue weighted by Gasteiger charge is -2.21. The maximum atomic E-state index is 12.2. The molecule has 0 spiro atoms. The van der Waals surface area contributed by atoms with Crippen molar-refractivity contribution in [3.05, 3.63) is 18.0 Å². The van der Waals surface area contributed by atoms with E-state index in [-0.39, 0.29) is 5.97 Å². The van der Waals surface area contributed by atoms with Gasteiger partial charge in [0, 0.05) is 12.7 Å². The molecule has 20 heavy (non-hydrogen) atoms. The number of rotatable bonds is 5. The van der Waals surface area contributed by atoms with E-state index in [9.17, 15) is 4.79 Å². The zero-order valence-electron chi connectivity index (χ0n) is 12.2. The molecule has 3 rings (SSSR count). The molecule has 0 radical (unpaired) electrons. The number of ether oxygens (including phenoxy) is 1. The van der Waals surface area contributed by atoms with E-state index in [4.69, 9.17) is 10.5 Å². The van der Waals surface area contributed by atoms with Crippen LogP contribution in [-0.2, 0) is 11.3 Å². The van der Waals surface area contributed by atoms with E-state index < -0.39 is 0 Å². The van der Waals surface area contributed by atoms with Gasteiger partial charge in [0.25, 0.3) is 0 Å². The quantitative estimate of drug-likeness (QED) is 0.841. The molecule has 2 aliphatic carbocycles. The van der Waals surface area contributed by atoms with Gasteiger partial charge >= 0.3 is 5.97 Å². The van der Waals surface area contributed by atoms with Gasteiger partial charge in [-0.3, -0.25) is 0 Å². The van der Waals surface area contributed by atoms with E-state index in [0.29, 0.717) is 23.9 Å². The number of anilines is 1. The van der Waals surface area contributed by atoms with E-state index in [1.807, 2.05) is 10.8 Å². The van der Waals surface area contributed by atoms with Crippen LogP contribution in [0.25, 0.3) is 0 Å². The van der Waals surface area contributed by atoms with Crippen LogP contribution < -0.4 is 5.73 Å². The standard InChI is InChI=1S/C16H24N2O2/c1-2-5-18-9-14(17)8-15(18)16(19)20-10-13-7-11-3-4-12(13)6-11/h8-9,11-13H,2-7,10,17H2,1H3. The average molecular weight is 276 g/mol. The predicted octanol–water partition coefficient (Wildman–Crippen LogP) is 3.07. The topological polar surface area (TPSA) is 57.2 Å². The summed E-state index contributed by atoms with van der Waals surface area (Å²) in [5.41, 5.74) is 7.01. The highest BCUT2D eigenvalue weighted by Gasteiger charge is 2.40. The molecule has 2 bridgehead atoms. The highest BCUT2D eigenvalue weighted by molar-refractivity contribution is 5.89. The Morgan fingerprint density at radius 2 is 2.30 bits per heavy atom. The van der Waals surface area contributed by atoms with Crippen molar-refractivity contribution in [2.24, 2.45) is 17.8 Å². The third-order valence-electron chi connectivity index (χ3n) is 4.90. The molecule has 1 aromatic rings. The fraction of sp³-hybridized carbons (Fsp3) is 0.688. The number of hydrogen-bond donors (Lipinski definition) is 1. The van der Waals surface area contributed by atoms with Crippen LogP contribution in [0, 0.1) is 17.8 Å². The van der Waals surface area contributed by atoms with Gasteiger partial charge in [-0.25, -0.2) is 4.79 Å². The van der Waals surface area contributed by atoms with Gasteiger partial charge in [-0.05, 0) is 49.5 Å². The second kappa shape index (κ2) is 5.51. The average Bonchev–Trinajstić information content (AvgIpc) is 3.11. The number of aromatic nitrogens is 1. The van der Waals surface area contributed by atoms with Crippen LogP contribution >= 0.6 is 0 Å². The smallest absolute Gasteiger partial charge is 0.355 e. The molecule has 110 valence electrons. The first-order valence-electron chi connectivity index (χ1n) is 7.80. The van der Waals surface area contributed by atoms with Crippen LogP contribution in [-0.4, -0.2) is 17.1 Å². The summed E-state index contributed by atoms with van der Waals surface area (Å²) in [6, 6.07) is 1.72. The zero-order chi connectivity index (χ0) is 14.1. The molecule has 2 N–H and O–H groups in total. The molecule has 2 saturated carbocycles. The Hall–Kier alpha value is -1.45. The van der Waals surface area contributed by atoms with Crippen LogP contribution in [0.1, 0.15) is 49.5 Å². The molecule has 1 aromatic heterocycles. The van der Waals surface area contributed by atoms with Gasteiger partial charge in [0.05, 0.1) is 12.3 Å². The number of nitrogens with two attached hydrogens (primary N) is 1. The highest BCUT2D eigenvalue weighted by atomic mass is 16.5. The van der Waals surface area contributed by atoms with Crippen molar-refractivity contribution in [1.82, 2.24) is 4.57 Å².